The molecule has 4 rings (SSSR count). The van der Waals surface area contributed by atoms with Crippen molar-refractivity contribution in [3.63, 3.8) is 0 Å². The van der Waals surface area contributed by atoms with Gasteiger partial charge in [-0.3, -0.25) is 19.1 Å². The van der Waals surface area contributed by atoms with Crippen LogP contribution in [0.2, 0.25) is 0 Å². The molecule has 2 heterocycles. The maximum atomic E-state index is 13.2. The van der Waals surface area contributed by atoms with Crippen LogP contribution in [0.1, 0.15) is 66.1 Å². The van der Waals surface area contributed by atoms with Crippen molar-refractivity contribution in [2.75, 3.05) is 13.1 Å². The first-order chi connectivity index (χ1) is 15.4. The van der Waals surface area contributed by atoms with Crippen molar-refractivity contribution in [1.29, 1.82) is 0 Å². The van der Waals surface area contributed by atoms with E-state index in [0.29, 0.717) is 31.9 Å². The molecule has 0 saturated heterocycles. The first kappa shape index (κ1) is 22.0. The number of benzene rings is 1. The highest BCUT2D eigenvalue weighted by Gasteiger charge is 2.35. The number of nitrogens with zero attached hydrogens (tertiary/aromatic N) is 4. The molecule has 0 atom stereocenters. The largest absolute Gasteiger partial charge is 0.354 e. The molecule has 0 radical (unpaired) electrons. The summed E-state index contributed by atoms with van der Waals surface area (Å²) < 4.78 is 1.66. The smallest absolute Gasteiger partial charge is 0.274 e. The van der Waals surface area contributed by atoms with Crippen LogP contribution in [0.3, 0.4) is 0 Å². The molecular weight excluding hydrogens is 406 g/mol. The van der Waals surface area contributed by atoms with Crippen molar-refractivity contribution in [3.8, 4) is 0 Å². The molecule has 8 nitrogen and oxygen atoms in total. The first-order valence-corrected chi connectivity index (χ1v) is 11.4. The summed E-state index contributed by atoms with van der Waals surface area (Å²) in [5.41, 5.74) is 1.81. The molecular formula is C24H31N5O3. The van der Waals surface area contributed by atoms with Gasteiger partial charge in [-0.15, -0.1) is 0 Å². The van der Waals surface area contributed by atoms with Gasteiger partial charge < -0.3 is 15.1 Å². The molecule has 0 spiro atoms. The standard InChI is InChI=1S/C24H31N5O3/c1-17(2)25-22(30)11-14-28(19-9-10-19)23(31)20-15-21-24(32)27(12-6-13-29(21)26-20)16-18-7-4-3-5-8-18/h3-5,7-8,15,17,19H,6,9-14,16H2,1-2H3,(H,25,30). The zero-order valence-corrected chi connectivity index (χ0v) is 18.8. The Labute approximate surface area is 188 Å². The van der Waals surface area contributed by atoms with Gasteiger partial charge in [0.15, 0.2) is 5.69 Å². The lowest BCUT2D eigenvalue weighted by atomic mass is 10.2. The minimum atomic E-state index is -0.201. The summed E-state index contributed by atoms with van der Waals surface area (Å²) in [5.74, 6) is -0.370. The van der Waals surface area contributed by atoms with Gasteiger partial charge in [-0.25, -0.2) is 0 Å². The van der Waals surface area contributed by atoms with Gasteiger partial charge in [-0.05, 0) is 38.7 Å². The maximum Gasteiger partial charge on any atom is 0.274 e. The number of amides is 3. The normalized spacial score (nSPS) is 16.0. The Balaban J connectivity index is 1.47. The van der Waals surface area contributed by atoms with Gasteiger partial charge in [0, 0.05) is 50.7 Å². The van der Waals surface area contributed by atoms with E-state index in [1.807, 2.05) is 49.1 Å². The third-order valence-electron chi connectivity index (χ3n) is 5.80. The fourth-order valence-electron chi connectivity index (χ4n) is 4.09. The van der Waals surface area contributed by atoms with E-state index in [2.05, 4.69) is 10.4 Å². The summed E-state index contributed by atoms with van der Waals surface area (Å²) in [6, 6.07) is 11.7. The fraction of sp³-hybridized carbons (Fsp3) is 0.500. The summed E-state index contributed by atoms with van der Waals surface area (Å²) in [6.45, 7) is 5.97. The molecule has 3 amide bonds. The van der Waals surface area contributed by atoms with Crippen LogP contribution in [-0.2, 0) is 17.9 Å². The van der Waals surface area contributed by atoms with Crippen LogP contribution < -0.4 is 5.32 Å². The topological polar surface area (TPSA) is 87.5 Å². The van der Waals surface area contributed by atoms with Gasteiger partial charge in [0.25, 0.3) is 11.8 Å². The predicted octanol–water partition coefficient (Wildman–Crippen LogP) is 2.45. The van der Waals surface area contributed by atoms with Crippen LogP contribution in [0.5, 0.6) is 0 Å². The van der Waals surface area contributed by atoms with E-state index < -0.39 is 0 Å². The number of fused-ring (bicyclic) bond motifs is 1. The highest BCUT2D eigenvalue weighted by molar-refractivity contribution is 5.98. The number of carbonyl (C=O) groups is 3. The molecule has 1 aromatic heterocycles. The molecule has 1 aliphatic heterocycles. The number of aryl methyl sites for hydroxylation is 1. The van der Waals surface area contributed by atoms with Crippen LogP contribution in [0.4, 0.5) is 0 Å². The van der Waals surface area contributed by atoms with Gasteiger partial charge in [-0.1, -0.05) is 30.3 Å². The van der Waals surface area contributed by atoms with E-state index in [0.717, 1.165) is 24.8 Å². The Morgan fingerprint density at radius 3 is 2.62 bits per heavy atom. The van der Waals surface area contributed by atoms with Crippen LogP contribution >= 0.6 is 0 Å². The SMILES string of the molecule is CC(C)NC(=O)CCN(C(=O)c1cc2n(n1)CCCN(Cc1ccccc1)C2=O)C1CC1. The summed E-state index contributed by atoms with van der Waals surface area (Å²) in [7, 11) is 0. The van der Waals surface area contributed by atoms with Gasteiger partial charge >= 0.3 is 0 Å². The molecule has 1 aromatic carbocycles. The molecule has 0 bridgehead atoms. The molecule has 1 aliphatic carbocycles. The van der Waals surface area contributed by atoms with Gasteiger partial charge in [0.2, 0.25) is 5.91 Å². The van der Waals surface area contributed by atoms with Crippen LogP contribution in [0, 0.1) is 0 Å². The number of aromatic nitrogens is 2. The second-order valence-electron chi connectivity index (χ2n) is 8.91. The first-order valence-electron chi connectivity index (χ1n) is 11.4. The highest BCUT2D eigenvalue weighted by atomic mass is 16.2. The van der Waals surface area contributed by atoms with Gasteiger partial charge in [0.05, 0.1) is 0 Å². The van der Waals surface area contributed by atoms with Gasteiger partial charge in [-0.2, -0.15) is 5.10 Å². The summed E-state index contributed by atoms with van der Waals surface area (Å²) in [4.78, 5) is 42.1. The summed E-state index contributed by atoms with van der Waals surface area (Å²) in [5, 5.41) is 7.35. The molecule has 0 unspecified atom stereocenters. The van der Waals surface area contributed by atoms with Crippen LogP contribution in [0.15, 0.2) is 36.4 Å². The Hall–Kier alpha value is -3.16. The van der Waals surface area contributed by atoms with Gasteiger partial charge in [0.1, 0.15) is 5.69 Å². The lowest BCUT2D eigenvalue weighted by Gasteiger charge is -2.21. The third-order valence-corrected chi connectivity index (χ3v) is 5.80. The second-order valence-corrected chi connectivity index (χ2v) is 8.91. The molecule has 170 valence electrons. The van der Waals surface area contributed by atoms with E-state index in [9.17, 15) is 14.4 Å². The zero-order chi connectivity index (χ0) is 22.7. The highest BCUT2D eigenvalue weighted by Crippen LogP contribution is 2.28. The number of hydrogen-bond donors (Lipinski definition) is 1. The second kappa shape index (κ2) is 9.54. The van der Waals surface area contributed by atoms with Crippen LogP contribution in [-0.4, -0.2) is 62.5 Å². The lowest BCUT2D eigenvalue weighted by Crippen LogP contribution is -2.38. The molecule has 2 aliphatic rings. The Morgan fingerprint density at radius 2 is 1.94 bits per heavy atom. The maximum absolute atomic E-state index is 13.2. The molecule has 32 heavy (non-hydrogen) atoms. The average molecular weight is 438 g/mol. The number of carbonyl (C=O) groups excluding carboxylic acids is 3. The number of nitrogens with one attached hydrogen (secondary N) is 1. The predicted molar refractivity (Wildman–Crippen MR) is 120 cm³/mol. The van der Waals surface area contributed by atoms with E-state index >= 15 is 0 Å². The van der Waals surface area contributed by atoms with Crippen molar-refractivity contribution >= 4 is 17.7 Å². The monoisotopic (exact) mass is 437 g/mol. The van der Waals surface area contributed by atoms with Crippen LogP contribution in [0.25, 0.3) is 0 Å². The van der Waals surface area contributed by atoms with Crippen molar-refractivity contribution in [2.24, 2.45) is 0 Å². The average Bonchev–Trinajstić information content (AvgIpc) is 3.53. The van der Waals surface area contributed by atoms with Crippen molar-refractivity contribution in [3.05, 3.63) is 53.3 Å². The van der Waals surface area contributed by atoms with E-state index in [4.69, 9.17) is 0 Å². The molecule has 1 fully saturated rings. The Kier molecular flexibility index (Phi) is 6.58. The Bertz CT molecular complexity index is 981. The van der Waals surface area contributed by atoms with E-state index in [1.165, 1.54) is 0 Å². The van der Waals surface area contributed by atoms with E-state index in [-0.39, 0.29) is 41.9 Å². The number of rotatable bonds is 8. The quantitative estimate of drug-likeness (QED) is 0.687. The molecule has 1 N–H and O–H groups in total. The van der Waals surface area contributed by atoms with Crippen molar-refractivity contribution < 1.29 is 14.4 Å². The zero-order valence-electron chi connectivity index (χ0n) is 18.8. The molecule has 8 heteroatoms. The van der Waals surface area contributed by atoms with E-state index in [1.54, 1.807) is 15.6 Å². The van der Waals surface area contributed by atoms with Crippen molar-refractivity contribution in [2.45, 2.75) is 64.7 Å². The summed E-state index contributed by atoms with van der Waals surface area (Å²) >= 11 is 0. The minimum Gasteiger partial charge on any atom is -0.354 e. The summed E-state index contributed by atoms with van der Waals surface area (Å²) in [6.07, 6.45) is 2.92. The number of hydrogen-bond acceptors (Lipinski definition) is 4. The fourth-order valence-corrected chi connectivity index (χ4v) is 4.09. The lowest BCUT2D eigenvalue weighted by molar-refractivity contribution is -0.121. The Morgan fingerprint density at radius 1 is 1.19 bits per heavy atom. The van der Waals surface area contributed by atoms with Crippen molar-refractivity contribution in [1.82, 2.24) is 24.9 Å². The third kappa shape index (κ3) is 5.18. The minimum absolute atomic E-state index is 0.0641. The molecule has 1 saturated carbocycles. The molecule has 2 aromatic rings.